The maximum Gasteiger partial charge on any atom is 0.317 e. The lowest BCUT2D eigenvalue weighted by Crippen LogP contribution is -2.66. The Morgan fingerprint density at radius 1 is 1.00 bits per heavy atom. The van der Waals surface area contributed by atoms with Crippen molar-refractivity contribution >= 4 is 17.7 Å². The van der Waals surface area contributed by atoms with Crippen LogP contribution in [0.4, 0.5) is 5.82 Å². The van der Waals surface area contributed by atoms with E-state index >= 15 is 0 Å². The number of nitrogens with one attached hydrogen (secondary N) is 1. The quantitative estimate of drug-likeness (QED) is 0.400. The van der Waals surface area contributed by atoms with Gasteiger partial charge in [0.15, 0.2) is 18.5 Å². The number of hydrogen-bond donors (Lipinski definition) is 1. The first-order valence-electron chi connectivity index (χ1n) is 12.8. The van der Waals surface area contributed by atoms with E-state index < -0.39 is 5.41 Å². The zero-order valence-electron chi connectivity index (χ0n) is 19.8. The number of benzene rings is 1. The van der Waals surface area contributed by atoms with Crippen molar-refractivity contribution in [3.63, 3.8) is 0 Å². The lowest BCUT2D eigenvalue weighted by molar-refractivity contribution is -0.939. The molecule has 4 fully saturated rings. The molecule has 1 atom stereocenters. The van der Waals surface area contributed by atoms with Gasteiger partial charge in [0, 0.05) is 25.0 Å². The molecule has 180 valence electrons. The first-order valence-corrected chi connectivity index (χ1v) is 12.8. The minimum absolute atomic E-state index is 0.0542. The zero-order chi connectivity index (χ0) is 23.4. The highest BCUT2D eigenvalue weighted by atomic mass is 16.5. The van der Waals surface area contributed by atoms with Gasteiger partial charge in [0.05, 0.1) is 18.5 Å². The fourth-order valence-corrected chi connectivity index (χ4v) is 6.38. The van der Waals surface area contributed by atoms with Crippen molar-refractivity contribution in [3.8, 4) is 0 Å². The van der Waals surface area contributed by atoms with Gasteiger partial charge < -0.3 is 14.5 Å². The summed E-state index contributed by atoms with van der Waals surface area (Å²) in [5, 5.41) is 10.7. The topological polar surface area (TPSA) is 81.2 Å². The van der Waals surface area contributed by atoms with E-state index in [0.29, 0.717) is 22.8 Å². The number of fused-ring (bicyclic) bond motifs is 3. The molecule has 1 aromatic carbocycles. The van der Waals surface area contributed by atoms with Gasteiger partial charge in [-0.1, -0.05) is 56.0 Å². The molecule has 1 aromatic heterocycles. The van der Waals surface area contributed by atoms with E-state index in [0.717, 1.165) is 63.7 Å². The van der Waals surface area contributed by atoms with Gasteiger partial charge in [-0.15, -0.1) is 5.10 Å². The maximum atomic E-state index is 13.9. The summed E-state index contributed by atoms with van der Waals surface area (Å²) in [5.74, 6) is 0.751. The van der Waals surface area contributed by atoms with Gasteiger partial charge in [-0.25, -0.2) is 0 Å². The molecule has 34 heavy (non-hydrogen) atoms. The summed E-state index contributed by atoms with van der Waals surface area (Å²) in [6.07, 6.45) is 9.63. The Kier molecular flexibility index (Phi) is 6.63. The summed E-state index contributed by atoms with van der Waals surface area (Å²) in [6.45, 7) is 3.00. The monoisotopic (exact) mass is 463 g/mol. The smallest absolute Gasteiger partial charge is 0.317 e. The Morgan fingerprint density at radius 3 is 2.41 bits per heavy atom. The molecule has 2 aromatic rings. The number of rotatable bonds is 6. The number of hydrogen-bond acceptors (Lipinski definition) is 5. The highest BCUT2D eigenvalue weighted by molar-refractivity contribution is 5.90. The summed E-state index contributed by atoms with van der Waals surface area (Å²) >= 11 is 0. The van der Waals surface area contributed by atoms with Crippen molar-refractivity contribution in [2.45, 2.75) is 62.9 Å². The van der Waals surface area contributed by atoms with Crippen LogP contribution in [0.1, 0.15) is 56.9 Å². The van der Waals surface area contributed by atoms with Crippen molar-refractivity contribution in [2.75, 3.05) is 31.5 Å². The van der Waals surface area contributed by atoms with Crippen molar-refractivity contribution in [1.29, 1.82) is 0 Å². The summed E-state index contributed by atoms with van der Waals surface area (Å²) in [6, 6.07) is 13.7. The standard InChI is InChI=1S/C27H34N4O3/c32-25(29-24-11-8-16-28-30-24)20-31-17-12-21(13-18-31)23(19-31)34-26(33)27(14-6-1-2-7-15-27)22-9-4-3-5-10-22/h3-5,8-11,16,21,23H,1-2,6-7,12-15,17-20H2/p+1. The van der Waals surface area contributed by atoms with Gasteiger partial charge in [0.25, 0.3) is 5.91 Å². The van der Waals surface area contributed by atoms with E-state index in [1.54, 1.807) is 18.3 Å². The van der Waals surface area contributed by atoms with E-state index in [4.69, 9.17) is 4.74 Å². The average Bonchev–Trinajstić information content (AvgIpc) is 3.13. The number of anilines is 1. The molecule has 7 nitrogen and oxygen atoms in total. The van der Waals surface area contributed by atoms with Crippen LogP contribution >= 0.6 is 0 Å². The molecule has 6 rings (SSSR count). The van der Waals surface area contributed by atoms with E-state index in [1.807, 2.05) is 18.2 Å². The maximum absolute atomic E-state index is 13.9. The molecule has 2 bridgehead atoms. The van der Waals surface area contributed by atoms with Crippen LogP contribution in [0.2, 0.25) is 0 Å². The molecule has 3 aliphatic heterocycles. The number of amides is 1. The van der Waals surface area contributed by atoms with Crippen LogP contribution in [0.3, 0.4) is 0 Å². The Labute approximate surface area is 201 Å². The van der Waals surface area contributed by atoms with Crippen LogP contribution < -0.4 is 5.32 Å². The number of nitrogens with zero attached hydrogens (tertiary/aromatic N) is 3. The molecule has 0 radical (unpaired) electrons. The Hall–Kier alpha value is -2.80. The number of ether oxygens (including phenoxy) is 1. The van der Waals surface area contributed by atoms with Crippen LogP contribution in [-0.4, -0.2) is 58.8 Å². The van der Waals surface area contributed by atoms with Crippen LogP contribution in [0.15, 0.2) is 48.7 Å². The normalized spacial score (nSPS) is 28.0. The zero-order valence-corrected chi connectivity index (χ0v) is 19.8. The summed E-state index contributed by atoms with van der Waals surface area (Å²) in [4.78, 5) is 26.7. The Morgan fingerprint density at radius 2 is 1.74 bits per heavy atom. The van der Waals surface area contributed by atoms with E-state index in [9.17, 15) is 9.59 Å². The van der Waals surface area contributed by atoms with Crippen molar-refractivity contribution in [1.82, 2.24) is 10.2 Å². The van der Waals surface area contributed by atoms with Crippen LogP contribution in [-0.2, 0) is 19.7 Å². The second-order valence-corrected chi connectivity index (χ2v) is 10.4. The Balaban J connectivity index is 1.30. The van der Waals surface area contributed by atoms with E-state index in [-0.39, 0.29) is 18.0 Å². The number of carbonyl (C=O) groups excluding carboxylic acids is 2. The molecule has 7 heteroatoms. The highest BCUT2D eigenvalue weighted by Gasteiger charge is 2.51. The molecule has 1 saturated carbocycles. The largest absolute Gasteiger partial charge is 0.455 e. The van der Waals surface area contributed by atoms with Gasteiger partial charge in [-0.05, 0) is 30.5 Å². The van der Waals surface area contributed by atoms with Crippen molar-refractivity contribution < 1.29 is 18.8 Å². The molecule has 1 N–H and O–H groups in total. The molecule has 1 unspecified atom stereocenters. The third-order valence-corrected chi connectivity index (χ3v) is 8.29. The number of piperidine rings is 3. The molecule has 4 heterocycles. The second-order valence-electron chi connectivity index (χ2n) is 10.4. The fraction of sp³-hybridized carbons (Fsp3) is 0.556. The molecule has 3 saturated heterocycles. The lowest BCUT2D eigenvalue weighted by Gasteiger charge is -2.52. The minimum Gasteiger partial charge on any atom is -0.455 e. The SMILES string of the molecule is O=C(C[N+]12CCC(CC1)C(OC(=O)C1(c3ccccc3)CCCCCC1)C2)Nc1cccnn1. The predicted molar refractivity (Wildman–Crippen MR) is 129 cm³/mol. The Bertz CT molecular complexity index is 981. The van der Waals surface area contributed by atoms with Crippen LogP contribution in [0.5, 0.6) is 0 Å². The van der Waals surface area contributed by atoms with Crippen LogP contribution in [0.25, 0.3) is 0 Å². The van der Waals surface area contributed by atoms with Gasteiger partial charge in [0.2, 0.25) is 0 Å². The third-order valence-electron chi connectivity index (χ3n) is 8.29. The van der Waals surface area contributed by atoms with E-state index in [2.05, 4.69) is 27.6 Å². The molecule has 4 aliphatic rings. The molecule has 0 spiro atoms. The highest BCUT2D eigenvalue weighted by Crippen LogP contribution is 2.42. The molecule has 1 aliphatic carbocycles. The second kappa shape index (κ2) is 9.82. The molecular weight excluding hydrogens is 428 g/mol. The first kappa shape index (κ1) is 23.0. The van der Waals surface area contributed by atoms with Gasteiger partial charge in [-0.2, -0.15) is 5.10 Å². The molecule has 1 amide bonds. The number of aromatic nitrogens is 2. The number of carbonyl (C=O) groups is 2. The summed E-state index contributed by atoms with van der Waals surface area (Å²) < 4.78 is 7.07. The lowest BCUT2D eigenvalue weighted by atomic mass is 9.74. The summed E-state index contributed by atoms with van der Waals surface area (Å²) in [5.41, 5.74) is 0.549. The van der Waals surface area contributed by atoms with Gasteiger partial charge >= 0.3 is 5.97 Å². The van der Waals surface area contributed by atoms with E-state index in [1.165, 1.54) is 12.8 Å². The fourth-order valence-electron chi connectivity index (χ4n) is 6.38. The van der Waals surface area contributed by atoms with Gasteiger partial charge in [0.1, 0.15) is 6.54 Å². The first-order chi connectivity index (χ1) is 16.6. The van der Waals surface area contributed by atoms with Crippen molar-refractivity contribution in [2.24, 2.45) is 5.92 Å². The third kappa shape index (κ3) is 4.71. The van der Waals surface area contributed by atoms with Crippen molar-refractivity contribution in [3.05, 3.63) is 54.2 Å². The number of esters is 1. The average molecular weight is 464 g/mol. The summed E-state index contributed by atoms with van der Waals surface area (Å²) in [7, 11) is 0. The minimum atomic E-state index is -0.544. The molecular formula is C27H35N4O3+. The predicted octanol–water partition coefficient (Wildman–Crippen LogP) is 3.86. The van der Waals surface area contributed by atoms with Gasteiger partial charge in [-0.3, -0.25) is 9.59 Å². The number of quaternary nitrogens is 1. The van der Waals surface area contributed by atoms with Crippen LogP contribution in [0, 0.1) is 5.92 Å².